The third-order valence-corrected chi connectivity index (χ3v) is 11.7. The monoisotopic (exact) mass is 649 g/mol. The Balaban J connectivity index is 1.91. The number of carbonyl (C=O) groups excluding carboxylic acids is 2. The van der Waals surface area contributed by atoms with Crippen molar-refractivity contribution < 1.29 is 23.5 Å². The fraction of sp³-hybridized carbons (Fsp3) is 0.375. The van der Waals surface area contributed by atoms with Gasteiger partial charge in [-0.2, -0.15) is 0 Å². The van der Waals surface area contributed by atoms with Crippen LogP contribution in [0.4, 0.5) is 4.79 Å². The molecule has 0 aliphatic heterocycles. The number of amides is 1. The van der Waals surface area contributed by atoms with Crippen molar-refractivity contribution in [2.75, 3.05) is 6.61 Å². The molecule has 10 heteroatoms. The molecule has 3 aromatic rings. The highest BCUT2D eigenvalue weighted by atomic mass is 35.6. The average molecular weight is 651 g/mol. The molecule has 0 fully saturated rings. The summed E-state index contributed by atoms with van der Waals surface area (Å²) in [6, 6.07) is 27.1. The lowest BCUT2D eigenvalue weighted by Crippen LogP contribution is -2.68. The van der Waals surface area contributed by atoms with Gasteiger partial charge in [0.25, 0.3) is 0 Å². The van der Waals surface area contributed by atoms with E-state index in [0.29, 0.717) is 5.75 Å². The maximum Gasteiger partial charge on any atom is 0.408 e. The Labute approximate surface area is 264 Å². The van der Waals surface area contributed by atoms with Crippen LogP contribution >= 0.6 is 34.8 Å². The van der Waals surface area contributed by atoms with Crippen LogP contribution < -0.4 is 20.1 Å². The summed E-state index contributed by atoms with van der Waals surface area (Å²) in [7, 11) is -2.82. The number of ether oxygens (including phenoxy) is 2. The summed E-state index contributed by atoms with van der Waals surface area (Å²) in [4.78, 5) is 25.4. The number of benzene rings is 3. The highest BCUT2D eigenvalue weighted by Crippen LogP contribution is 2.37. The second-order valence-electron chi connectivity index (χ2n) is 12.0. The normalized spacial score (nSPS) is 13.2. The van der Waals surface area contributed by atoms with Crippen LogP contribution in [0, 0.1) is 0 Å². The van der Waals surface area contributed by atoms with Crippen LogP contribution in [0.5, 0.6) is 5.75 Å². The van der Waals surface area contributed by atoms with Gasteiger partial charge in [-0.15, -0.1) is 0 Å². The smallest absolute Gasteiger partial charge is 0.408 e. The molecule has 1 amide bonds. The molecule has 0 spiro atoms. The minimum atomic E-state index is -2.82. The van der Waals surface area contributed by atoms with Crippen LogP contribution in [0.2, 0.25) is 5.04 Å². The zero-order chi connectivity index (χ0) is 31.2. The van der Waals surface area contributed by atoms with Gasteiger partial charge in [0, 0.05) is 6.42 Å². The van der Waals surface area contributed by atoms with Gasteiger partial charge >= 0.3 is 20.4 Å². The van der Waals surface area contributed by atoms with Gasteiger partial charge in [-0.05, 0) is 53.9 Å². The Morgan fingerprint density at radius 1 is 0.786 bits per heavy atom. The van der Waals surface area contributed by atoms with Crippen LogP contribution in [0.25, 0.3) is 0 Å². The summed E-state index contributed by atoms with van der Waals surface area (Å²) >= 11 is 17.3. The highest BCUT2D eigenvalue weighted by molar-refractivity contribution is 7.00. The minimum Gasteiger partial charge on any atom is -0.534 e. The maximum atomic E-state index is 12.9. The number of hydrogen-bond acceptors (Lipinski definition) is 5. The van der Waals surface area contributed by atoms with E-state index in [0.717, 1.165) is 15.9 Å². The van der Waals surface area contributed by atoms with Crippen molar-refractivity contribution in [2.24, 2.45) is 0 Å². The number of rotatable bonds is 9. The second-order valence-corrected chi connectivity index (χ2v) is 18.8. The Morgan fingerprint density at radius 2 is 1.29 bits per heavy atom. The van der Waals surface area contributed by atoms with Crippen LogP contribution in [0.3, 0.4) is 0 Å². The standard InChI is InChI=1S/C32H38Cl3NO5Si/c1-30(2,3)40-29(38)36-27(28(37)39-22-32(33,34)35)21-23-17-19-24(20-18-23)41-42(31(4,5)6,25-13-9-7-10-14-25)26-15-11-8-12-16-26/h7-20,27H,21-22H2,1-6H3,(H,36,38)/t27-/m0/s1. The van der Waals surface area contributed by atoms with Gasteiger partial charge in [-0.25, -0.2) is 9.59 Å². The van der Waals surface area contributed by atoms with E-state index in [2.05, 4.69) is 50.4 Å². The van der Waals surface area contributed by atoms with E-state index in [-0.39, 0.29) is 11.5 Å². The summed E-state index contributed by atoms with van der Waals surface area (Å²) in [6.07, 6.45) is -0.637. The summed E-state index contributed by atoms with van der Waals surface area (Å²) in [6.45, 7) is 11.4. The highest BCUT2D eigenvalue weighted by Gasteiger charge is 2.52. The summed E-state index contributed by atoms with van der Waals surface area (Å²) in [5.74, 6) is -0.0525. The van der Waals surface area contributed by atoms with Crippen LogP contribution in [0.1, 0.15) is 47.1 Å². The Morgan fingerprint density at radius 3 is 1.71 bits per heavy atom. The molecule has 1 N–H and O–H groups in total. The van der Waals surface area contributed by atoms with Gasteiger partial charge in [0.15, 0.2) is 0 Å². The zero-order valence-electron chi connectivity index (χ0n) is 24.7. The third kappa shape index (κ3) is 9.40. The van der Waals surface area contributed by atoms with Gasteiger partial charge in [0.05, 0.1) is 0 Å². The van der Waals surface area contributed by atoms with Crippen molar-refractivity contribution in [3.63, 3.8) is 0 Å². The molecule has 42 heavy (non-hydrogen) atoms. The first-order valence-electron chi connectivity index (χ1n) is 13.6. The molecule has 3 rings (SSSR count). The lowest BCUT2D eigenvalue weighted by atomic mass is 10.1. The molecule has 1 atom stereocenters. The first-order valence-corrected chi connectivity index (χ1v) is 16.7. The number of halogens is 3. The number of hydrogen-bond donors (Lipinski definition) is 1. The van der Waals surface area contributed by atoms with E-state index >= 15 is 0 Å². The molecule has 0 radical (unpaired) electrons. The van der Waals surface area contributed by atoms with Gasteiger partial charge < -0.3 is 19.2 Å². The largest absolute Gasteiger partial charge is 0.534 e. The lowest BCUT2D eigenvalue weighted by Gasteiger charge is -2.43. The van der Waals surface area contributed by atoms with Crippen molar-refractivity contribution in [3.05, 3.63) is 90.5 Å². The second kappa shape index (κ2) is 13.7. The molecule has 0 saturated carbocycles. The van der Waals surface area contributed by atoms with Gasteiger partial charge in [-0.3, -0.25) is 0 Å². The molecular formula is C32H38Cl3NO5Si. The molecule has 0 saturated heterocycles. The number of nitrogens with one attached hydrogen (secondary N) is 1. The van der Waals surface area contributed by atoms with Crippen LogP contribution in [-0.2, 0) is 20.7 Å². The summed E-state index contributed by atoms with van der Waals surface area (Å²) in [5, 5.41) is 4.70. The van der Waals surface area contributed by atoms with E-state index in [1.165, 1.54) is 0 Å². The number of alkyl halides is 3. The van der Waals surface area contributed by atoms with Crippen LogP contribution in [-0.4, -0.2) is 42.4 Å². The van der Waals surface area contributed by atoms with Gasteiger partial charge in [-0.1, -0.05) is 128 Å². The zero-order valence-corrected chi connectivity index (χ0v) is 28.0. The predicted octanol–water partition coefficient (Wildman–Crippen LogP) is 6.97. The average Bonchev–Trinajstić information content (AvgIpc) is 2.89. The number of alkyl carbamates (subject to hydrolysis) is 1. The van der Waals surface area contributed by atoms with E-state index in [1.54, 1.807) is 20.8 Å². The first kappa shape index (κ1) is 33.8. The number of esters is 1. The predicted molar refractivity (Wildman–Crippen MR) is 173 cm³/mol. The van der Waals surface area contributed by atoms with E-state index < -0.39 is 42.4 Å². The minimum absolute atomic E-state index is 0.122. The molecular weight excluding hydrogens is 613 g/mol. The Bertz CT molecular complexity index is 1280. The van der Waals surface area contributed by atoms with Crippen molar-refractivity contribution in [1.29, 1.82) is 0 Å². The molecule has 0 bridgehead atoms. The summed E-state index contributed by atoms with van der Waals surface area (Å²) in [5.41, 5.74) is 0.00690. The molecule has 0 aromatic heterocycles. The van der Waals surface area contributed by atoms with E-state index in [4.69, 9.17) is 48.7 Å². The Kier molecular flexibility index (Phi) is 11.0. The van der Waals surface area contributed by atoms with Crippen molar-refractivity contribution in [1.82, 2.24) is 5.32 Å². The molecule has 0 heterocycles. The van der Waals surface area contributed by atoms with Crippen LogP contribution in [0.15, 0.2) is 84.9 Å². The third-order valence-electron chi connectivity index (χ3n) is 6.40. The van der Waals surface area contributed by atoms with Crippen molar-refractivity contribution in [3.8, 4) is 5.75 Å². The van der Waals surface area contributed by atoms with Crippen molar-refractivity contribution >= 4 is 65.6 Å². The van der Waals surface area contributed by atoms with Gasteiger partial charge in [0.1, 0.15) is 24.0 Å². The fourth-order valence-electron chi connectivity index (χ4n) is 4.65. The van der Waals surface area contributed by atoms with E-state index in [9.17, 15) is 9.59 Å². The molecule has 6 nitrogen and oxygen atoms in total. The quantitative estimate of drug-likeness (QED) is 0.154. The van der Waals surface area contributed by atoms with E-state index in [1.807, 2.05) is 60.7 Å². The molecule has 3 aromatic carbocycles. The van der Waals surface area contributed by atoms with Gasteiger partial charge in [0.2, 0.25) is 3.79 Å². The SMILES string of the molecule is CC(C)(C)OC(=O)N[C@@H](Cc1ccc(O[Si](c2ccccc2)(c2ccccc2)C(C)(C)C)cc1)C(=O)OCC(Cl)(Cl)Cl. The Hall–Kier alpha value is -2.71. The summed E-state index contributed by atoms with van der Waals surface area (Å²) < 4.78 is 15.8. The fourth-order valence-corrected chi connectivity index (χ4v) is 9.24. The molecule has 0 aliphatic carbocycles. The first-order chi connectivity index (χ1) is 19.5. The molecule has 226 valence electrons. The molecule has 0 unspecified atom stereocenters. The maximum absolute atomic E-state index is 12.9. The lowest BCUT2D eigenvalue weighted by molar-refractivity contribution is -0.146. The molecule has 0 aliphatic rings. The topological polar surface area (TPSA) is 73.9 Å². The van der Waals surface area contributed by atoms with Crippen molar-refractivity contribution in [2.45, 2.75) is 68.4 Å². The number of carbonyl (C=O) groups is 2.